The molecule has 0 bridgehead atoms. The summed E-state index contributed by atoms with van der Waals surface area (Å²) in [6.07, 6.45) is 8.08. The van der Waals surface area contributed by atoms with Crippen LogP contribution in [0.4, 0.5) is 0 Å². The number of hydrogen-bond donors (Lipinski definition) is 1. The van der Waals surface area contributed by atoms with Gasteiger partial charge < -0.3 is 10.1 Å². The van der Waals surface area contributed by atoms with Crippen LogP contribution in [0.3, 0.4) is 0 Å². The van der Waals surface area contributed by atoms with Gasteiger partial charge >= 0.3 is 0 Å². The van der Waals surface area contributed by atoms with Gasteiger partial charge in [0, 0.05) is 19.9 Å². The molecule has 1 spiro atoms. The molecule has 1 aromatic heterocycles. The van der Waals surface area contributed by atoms with E-state index in [1.165, 1.54) is 31.4 Å². The van der Waals surface area contributed by atoms with Crippen molar-refractivity contribution < 1.29 is 4.74 Å². The van der Waals surface area contributed by atoms with Crippen LogP contribution in [0.5, 0.6) is 0 Å². The van der Waals surface area contributed by atoms with Crippen LogP contribution < -0.4 is 5.32 Å². The van der Waals surface area contributed by atoms with E-state index >= 15 is 0 Å². The highest BCUT2D eigenvalue weighted by Gasteiger charge is 2.44. The monoisotopic (exact) mass is 249 g/mol. The largest absolute Gasteiger partial charge is 0.375 e. The molecule has 1 aromatic rings. The Kier molecular flexibility index (Phi) is 3.16. The summed E-state index contributed by atoms with van der Waals surface area (Å²) < 4.78 is 8.01. The van der Waals surface area contributed by atoms with E-state index in [9.17, 15) is 0 Å². The molecular formula is C14H23N3O. The minimum atomic E-state index is 0.219. The highest BCUT2D eigenvalue weighted by Crippen LogP contribution is 2.46. The van der Waals surface area contributed by atoms with Crippen LogP contribution in [-0.4, -0.2) is 29.0 Å². The zero-order valence-electron chi connectivity index (χ0n) is 11.4. The first-order chi connectivity index (χ1) is 8.74. The van der Waals surface area contributed by atoms with E-state index in [0.717, 1.165) is 13.0 Å². The molecule has 100 valence electrons. The van der Waals surface area contributed by atoms with Crippen molar-refractivity contribution in [1.29, 1.82) is 0 Å². The normalized spacial score (nSPS) is 28.0. The van der Waals surface area contributed by atoms with Crippen molar-refractivity contribution in [1.82, 2.24) is 15.1 Å². The average Bonchev–Trinajstić information content (AvgIpc) is 2.75. The fourth-order valence-corrected chi connectivity index (χ4v) is 3.58. The van der Waals surface area contributed by atoms with Gasteiger partial charge in [-0.1, -0.05) is 0 Å². The zero-order valence-corrected chi connectivity index (χ0v) is 11.4. The Balaban J connectivity index is 1.77. The zero-order chi connectivity index (χ0) is 12.6. The number of hydrogen-bond acceptors (Lipinski definition) is 3. The third kappa shape index (κ3) is 1.97. The molecule has 2 fully saturated rings. The SMILES string of the molecule is CNC(c1ccnn1C)C1CCOC2(CCC2)C1. The third-order valence-corrected chi connectivity index (χ3v) is 4.76. The third-order valence-electron chi connectivity index (χ3n) is 4.76. The van der Waals surface area contributed by atoms with Crippen molar-refractivity contribution in [2.75, 3.05) is 13.7 Å². The Morgan fingerprint density at radius 2 is 2.39 bits per heavy atom. The van der Waals surface area contributed by atoms with Crippen molar-refractivity contribution in [3.63, 3.8) is 0 Å². The first-order valence-electron chi connectivity index (χ1n) is 7.03. The maximum Gasteiger partial charge on any atom is 0.0686 e. The molecule has 0 aromatic carbocycles. The van der Waals surface area contributed by atoms with Crippen LogP contribution >= 0.6 is 0 Å². The van der Waals surface area contributed by atoms with E-state index in [1.54, 1.807) is 0 Å². The van der Waals surface area contributed by atoms with Gasteiger partial charge in [0.2, 0.25) is 0 Å². The van der Waals surface area contributed by atoms with Crippen LogP contribution in [0, 0.1) is 5.92 Å². The molecule has 4 nitrogen and oxygen atoms in total. The van der Waals surface area contributed by atoms with Crippen LogP contribution in [-0.2, 0) is 11.8 Å². The lowest BCUT2D eigenvalue weighted by Gasteiger charge is -2.48. The Bertz CT molecular complexity index is 411. The van der Waals surface area contributed by atoms with Gasteiger partial charge in [-0.15, -0.1) is 0 Å². The lowest BCUT2D eigenvalue weighted by molar-refractivity contribution is -0.147. The summed E-state index contributed by atoms with van der Waals surface area (Å²) in [5.41, 5.74) is 1.51. The molecule has 1 saturated carbocycles. The van der Waals surface area contributed by atoms with E-state index in [-0.39, 0.29) is 5.60 Å². The predicted octanol–water partition coefficient (Wildman–Crippen LogP) is 2.03. The number of aryl methyl sites for hydroxylation is 1. The predicted molar refractivity (Wildman–Crippen MR) is 70.3 cm³/mol. The molecule has 1 aliphatic carbocycles. The second-order valence-electron chi connectivity index (χ2n) is 5.78. The first-order valence-corrected chi connectivity index (χ1v) is 7.03. The number of rotatable bonds is 3. The van der Waals surface area contributed by atoms with Crippen molar-refractivity contribution in [2.45, 2.75) is 43.7 Å². The maximum atomic E-state index is 6.02. The summed E-state index contributed by atoms with van der Waals surface area (Å²) in [5, 5.41) is 7.78. The van der Waals surface area contributed by atoms with Gasteiger partial charge in [0.25, 0.3) is 0 Å². The quantitative estimate of drug-likeness (QED) is 0.891. The minimum Gasteiger partial charge on any atom is -0.375 e. The van der Waals surface area contributed by atoms with Gasteiger partial charge in [0.1, 0.15) is 0 Å². The fourth-order valence-electron chi connectivity index (χ4n) is 3.58. The second-order valence-corrected chi connectivity index (χ2v) is 5.78. The molecule has 1 aliphatic heterocycles. The summed E-state index contributed by atoms with van der Waals surface area (Å²) in [6, 6.07) is 2.53. The summed E-state index contributed by atoms with van der Waals surface area (Å²) >= 11 is 0. The van der Waals surface area contributed by atoms with Crippen LogP contribution in [0.1, 0.15) is 43.8 Å². The van der Waals surface area contributed by atoms with Crippen LogP contribution in [0.2, 0.25) is 0 Å². The molecule has 3 rings (SSSR count). The van der Waals surface area contributed by atoms with E-state index < -0.39 is 0 Å². The molecule has 1 N–H and O–H groups in total. The molecular weight excluding hydrogens is 226 g/mol. The van der Waals surface area contributed by atoms with Crippen molar-refractivity contribution in [2.24, 2.45) is 13.0 Å². The van der Waals surface area contributed by atoms with Crippen molar-refractivity contribution in [3.05, 3.63) is 18.0 Å². The summed E-state index contributed by atoms with van der Waals surface area (Å²) in [5.74, 6) is 0.666. The average molecular weight is 249 g/mol. The topological polar surface area (TPSA) is 39.1 Å². The summed E-state index contributed by atoms with van der Waals surface area (Å²) in [4.78, 5) is 0. The standard InChI is InChI=1S/C14H23N3O/c1-15-13(12-4-8-16-17(12)2)11-5-9-18-14(10-11)6-3-7-14/h4,8,11,13,15H,3,5-7,9-10H2,1-2H3. The molecule has 18 heavy (non-hydrogen) atoms. The number of ether oxygens (including phenoxy) is 1. The van der Waals surface area contributed by atoms with E-state index in [4.69, 9.17) is 4.74 Å². The van der Waals surface area contributed by atoms with E-state index in [2.05, 4.69) is 23.5 Å². The fraction of sp³-hybridized carbons (Fsp3) is 0.786. The number of aromatic nitrogens is 2. The molecule has 4 heteroatoms. The van der Waals surface area contributed by atoms with Crippen molar-refractivity contribution >= 4 is 0 Å². The van der Waals surface area contributed by atoms with E-state index in [0.29, 0.717) is 12.0 Å². The molecule has 0 amide bonds. The molecule has 2 unspecified atom stereocenters. The highest BCUT2D eigenvalue weighted by molar-refractivity contribution is 5.10. The number of nitrogens with zero attached hydrogens (tertiary/aromatic N) is 2. The molecule has 2 atom stereocenters. The second kappa shape index (κ2) is 4.67. The summed E-state index contributed by atoms with van der Waals surface area (Å²) in [6.45, 7) is 0.917. The lowest BCUT2D eigenvalue weighted by Crippen LogP contribution is -2.47. The first kappa shape index (κ1) is 12.2. The molecule has 1 saturated heterocycles. The van der Waals surface area contributed by atoms with Crippen LogP contribution in [0.25, 0.3) is 0 Å². The number of nitrogens with one attached hydrogen (secondary N) is 1. The van der Waals surface area contributed by atoms with Crippen LogP contribution in [0.15, 0.2) is 12.3 Å². The Morgan fingerprint density at radius 3 is 2.94 bits per heavy atom. The molecule has 2 aliphatic rings. The maximum absolute atomic E-state index is 6.02. The van der Waals surface area contributed by atoms with Crippen molar-refractivity contribution in [3.8, 4) is 0 Å². The molecule has 0 radical (unpaired) electrons. The van der Waals surface area contributed by atoms with Gasteiger partial charge in [-0.05, 0) is 51.1 Å². The Morgan fingerprint density at radius 1 is 1.56 bits per heavy atom. The minimum absolute atomic E-state index is 0.219. The Labute approximate surface area is 109 Å². The molecule has 2 heterocycles. The van der Waals surface area contributed by atoms with E-state index in [1.807, 2.05) is 17.9 Å². The Hall–Kier alpha value is -0.870. The van der Waals surface area contributed by atoms with Gasteiger partial charge in [-0.3, -0.25) is 4.68 Å². The lowest BCUT2D eigenvalue weighted by atomic mass is 9.70. The van der Waals surface area contributed by atoms with Gasteiger partial charge in [0.05, 0.1) is 17.3 Å². The van der Waals surface area contributed by atoms with Gasteiger partial charge in [0.15, 0.2) is 0 Å². The highest BCUT2D eigenvalue weighted by atomic mass is 16.5. The summed E-state index contributed by atoms with van der Waals surface area (Å²) in [7, 11) is 4.08. The van der Waals surface area contributed by atoms with Gasteiger partial charge in [-0.25, -0.2) is 0 Å². The van der Waals surface area contributed by atoms with Gasteiger partial charge in [-0.2, -0.15) is 5.10 Å². The smallest absolute Gasteiger partial charge is 0.0686 e.